The molecule has 7 nitrogen and oxygen atoms in total. The Morgan fingerprint density at radius 2 is 1.62 bits per heavy atom. The molecule has 0 spiro atoms. The number of amides is 1. The van der Waals surface area contributed by atoms with Gasteiger partial charge in [0.2, 0.25) is 10.0 Å². The van der Waals surface area contributed by atoms with Gasteiger partial charge in [-0.05, 0) is 81.7 Å². The smallest absolute Gasteiger partial charge is 0.253 e. The summed E-state index contributed by atoms with van der Waals surface area (Å²) >= 11 is 0. The molecule has 0 bridgehead atoms. The Labute approximate surface area is 191 Å². The lowest BCUT2D eigenvalue weighted by Gasteiger charge is -2.28. The highest BCUT2D eigenvalue weighted by atomic mass is 32.2. The molecule has 0 aromatic heterocycles. The molecule has 1 amide bonds. The van der Waals surface area contributed by atoms with Gasteiger partial charge in [-0.15, -0.1) is 0 Å². The lowest BCUT2D eigenvalue weighted by Crippen LogP contribution is -2.36. The van der Waals surface area contributed by atoms with Crippen molar-refractivity contribution < 1.29 is 17.9 Å². The second-order valence-electron chi connectivity index (χ2n) is 7.89. The second kappa shape index (κ2) is 10.9. The molecule has 1 saturated heterocycles. The average molecular weight is 460 g/mol. The minimum absolute atomic E-state index is 0.0540. The molecule has 1 N–H and O–H groups in total. The van der Waals surface area contributed by atoms with Crippen LogP contribution in [0.3, 0.4) is 0 Å². The highest BCUT2D eigenvalue weighted by Gasteiger charge is 2.26. The number of nitrogens with zero attached hydrogens (tertiary/aromatic N) is 2. The van der Waals surface area contributed by atoms with Gasteiger partial charge in [-0.1, -0.05) is 12.1 Å². The third kappa shape index (κ3) is 5.68. The van der Waals surface area contributed by atoms with Gasteiger partial charge < -0.3 is 9.64 Å². The Bertz CT molecular complexity index is 981. The van der Waals surface area contributed by atoms with Gasteiger partial charge in [-0.25, -0.2) is 13.1 Å². The summed E-state index contributed by atoms with van der Waals surface area (Å²) in [5, 5.41) is 0. The molecule has 8 heteroatoms. The van der Waals surface area contributed by atoms with Crippen LogP contribution in [0.25, 0.3) is 0 Å². The lowest BCUT2D eigenvalue weighted by molar-refractivity contribution is 0.0773. The van der Waals surface area contributed by atoms with Crippen molar-refractivity contribution in [3.63, 3.8) is 0 Å². The van der Waals surface area contributed by atoms with E-state index >= 15 is 0 Å². The summed E-state index contributed by atoms with van der Waals surface area (Å²) in [6.45, 7) is 7.23. The second-order valence-corrected chi connectivity index (χ2v) is 9.65. The molecule has 0 radical (unpaired) electrons. The van der Waals surface area contributed by atoms with E-state index in [9.17, 15) is 13.2 Å². The molecule has 3 rings (SSSR count). The van der Waals surface area contributed by atoms with E-state index in [0.717, 1.165) is 37.2 Å². The summed E-state index contributed by atoms with van der Waals surface area (Å²) < 4.78 is 34.0. The van der Waals surface area contributed by atoms with E-state index < -0.39 is 10.0 Å². The maximum atomic E-state index is 13.0. The SMILES string of the molecule is CCN(CC)C(=O)c1ccc(S(=O)(=O)NCC(c2ccc(OC)cc2)N2CCCC2)cc1. The number of carbonyl (C=O) groups is 1. The molecule has 1 aliphatic heterocycles. The molecule has 2 aromatic carbocycles. The van der Waals surface area contributed by atoms with E-state index in [1.54, 1.807) is 24.1 Å². The Balaban J connectivity index is 1.74. The Morgan fingerprint density at radius 3 is 2.16 bits per heavy atom. The fraction of sp³-hybridized carbons (Fsp3) is 0.458. The van der Waals surface area contributed by atoms with Crippen molar-refractivity contribution in [1.29, 1.82) is 0 Å². The first-order valence-electron chi connectivity index (χ1n) is 11.2. The number of rotatable bonds is 10. The zero-order valence-corrected chi connectivity index (χ0v) is 19.9. The molecule has 0 saturated carbocycles. The standard InChI is InChI=1S/C24H33N3O4S/c1-4-26(5-2)24(28)20-10-14-22(15-11-20)32(29,30)25-18-23(27-16-6-7-17-27)19-8-12-21(31-3)13-9-19/h8-15,23,25H,4-7,16-18H2,1-3H3. The zero-order valence-electron chi connectivity index (χ0n) is 19.1. The van der Waals surface area contributed by atoms with Crippen LogP contribution in [0.2, 0.25) is 0 Å². The van der Waals surface area contributed by atoms with Gasteiger partial charge in [-0.3, -0.25) is 9.69 Å². The van der Waals surface area contributed by atoms with Crippen molar-refractivity contribution in [1.82, 2.24) is 14.5 Å². The quantitative estimate of drug-likeness (QED) is 0.590. The largest absolute Gasteiger partial charge is 0.497 e. The predicted molar refractivity (Wildman–Crippen MR) is 125 cm³/mol. The molecule has 1 atom stereocenters. The first-order chi connectivity index (χ1) is 15.4. The molecule has 1 heterocycles. The van der Waals surface area contributed by atoms with Gasteiger partial charge in [0.25, 0.3) is 5.91 Å². The molecule has 2 aromatic rings. The number of benzene rings is 2. The average Bonchev–Trinajstić information content (AvgIpc) is 3.35. The number of methoxy groups -OCH3 is 1. The van der Waals surface area contributed by atoms with Gasteiger partial charge in [0.05, 0.1) is 12.0 Å². The zero-order chi connectivity index (χ0) is 23.1. The van der Waals surface area contributed by atoms with Crippen LogP contribution in [0.15, 0.2) is 53.4 Å². The molecule has 1 aliphatic rings. The van der Waals surface area contributed by atoms with Gasteiger partial charge in [0, 0.05) is 31.2 Å². The number of likely N-dealkylation sites (tertiary alicyclic amines) is 1. The third-order valence-electron chi connectivity index (χ3n) is 6.01. The predicted octanol–water partition coefficient (Wildman–Crippen LogP) is 3.29. The number of nitrogens with one attached hydrogen (secondary N) is 1. The highest BCUT2D eigenvalue weighted by molar-refractivity contribution is 7.89. The van der Waals surface area contributed by atoms with Crippen LogP contribution in [-0.4, -0.2) is 64.0 Å². The summed E-state index contributed by atoms with van der Waals surface area (Å²) in [5.41, 5.74) is 1.54. The summed E-state index contributed by atoms with van der Waals surface area (Å²) in [7, 11) is -2.08. The molecule has 1 unspecified atom stereocenters. The number of hydrogen-bond acceptors (Lipinski definition) is 5. The molecular weight excluding hydrogens is 426 g/mol. The highest BCUT2D eigenvalue weighted by Crippen LogP contribution is 2.27. The monoisotopic (exact) mass is 459 g/mol. The van der Waals surface area contributed by atoms with E-state index in [2.05, 4.69) is 9.62 Å². The van der Waals surface area contributed by atoms with Gasteiger partial charge >= 0.3 is 0 Å². The fourth-order valence-corrected chi connectivity index (χ4v) is 5.12. The van der Waals surface area contributed by atoms with E-state index in [1.165, 1.54) is 12.1 Å². The number of sulfonamides is 1. The van der Waals surface area contributed by atoms with Crippen molar-refractivity contribution in [3.8, 4) is 5.75 Å². The maximum Gasteiger partial charge on any atom is 0.253 e. The van der Waals surface area contributed by atoms with E-state index in [4.69, 9.17) is 4.74 Å². The van der Waals surface area contributed by atoms with Crippen molar-refractivity contribution >= 4 is 15.9 Å². The first kappa shape index (κ1) is 24.2. The molecule has 1 fully saturated rings. The summed E-state index contributed by atoms with van der Waals surface area (Å²) in [5.74, 6) is 0.675. The third-order valence-corrected chi connectivity index (χ3v) is 7.45. The number of ether oxygens (including phenoxy) is 1. The van der Waals surface area contributed by atoms with E-state index in [-0.39, 0.29) is 23.4 Å². The summed E-state index contributed by atoms with van der Waals surface area (Å²) in [6, 6.07) is 13.9. The van der Waals surface area contributed by atoms with Crippen molar-refractivity contribution in [2.75, 3.05) is 39.8 Å². The van der Waals surface area contributed by atoms with E-state index in [0.29, 0.717) is 18.7 Å². The maximum absolute atomic E-state index is 13.0. The summed E-state index contributed by atoms with van der Waals surface area (Å²) in [4.78, 5) is 16.7. The van der Waals surface area contributed by atoms with Gasteiger partial charge in [0.1, 0.15) is 5.75 Å². The van der Waals surface area contributed by atoms with Crippen LogP contribution in [-0.2, 0) is 10.0 Å². The Kier molecular flexibility index (Phi) is 8.28. The van der Waals surface area contributed by atoms with Gasteiger partial charge in [0.15, 0.2) is 0 Å². The van der Waals surface area contributed by atoms with Crippen molar-refractivity contribution in [3.05, 3.63) is 59.7 Å². The van der Waals surface area contributed by atoms with Crippen molar-refractivity contribution in [2.24, 2.45) is 0 Å². The molecular formula is C24H33N3O4S. The van der Waals surface area contributed by atoms with Crippen LogP contribution < -0.4 is 9.46 Å². The Hall–Kier alpha value is -2.42. The molecule has 174 valence electrons. The molecule has 32 heavy (non-hydrogen) atoms. The minimum atomic E-state index is -3.71. The number of hydrogen-bond donors (Lipinski definition) is 1. The number of carbonyl (C=O) groups excluding carboxylic acids is 1. The van der Waals surface area contributed by atoms with Crippen LogP contribution in [0.5, 0.6) is 5.75 Å². The van der Waals surface area contributed by atoms with Crippen molar-refractivity contribution in [2.45, 2.75) is 37.6 Å². The van der Waals surface area contributed by atoms with E-state index in [1.807, 2.05) is 38.1 Å². The Morgan fingerprint density at radius 1 is 1.03 bits per heavy atom. The lowest BCUT2D eigenvalue weighted by atomic mass is 10.1. The van der Waals surface area contributed by atoms with Crippen LogP contribution in [0.1, 0.15) is 48.7 Å². The molecule has 0 aliphatic carbocycles. The normalized spacial score (nSPS) is 15.5. The first-order valence-corrected chi connectivity index (χ1v) is 12.6. The van der Waals surface area contributed by atoms with Gasteiger partial charge in [-0.2, -0.15) is 0 Å². The van der Waals surface area contributed by atoms with Crippen LogP contribution in [0, 0.1) is 0 Å². The van der Waals surface area contributed by atoms with Crippen LogP contribution >= 0.6 is 0 Å². The minimum Gasteiger partial charge on any atom is -0.497 e. The topological polar surface area (TPSA) is 79.0 Å². The fourth-order valence-electron chi connectivity index (χ4n) is 4.08. The van der Waals surface area contributed by atoms with Crippen LogP contribution in [0.4, 0.5) is 0 Å². The summed E-state index contributed by atoms with van der Waals surface area (Å²) in [6.07, 6.45) is 2.23.